The first-order chi connectivity index (χ1) is 14.3. The molecular weight excluding hydrogens is 382 g/mol. The molecule has 0 saturated carbocycles. The molecule has 1 fully saturated rings. The molecule has 1 saturated heterocycles. The molecule has 152 valence electrons. The Kier molecular flexibility index (Phi) is 6.59. The molecule has 2 aromatic heterocycles. The van der Waals surface area contributed by atoms with Crippen molar-refractivity contribution in [2.75, 3.05) is 26.7 Å². The second kappa shape index (κ2) is 9.71. The van der Waals surface area contributed by atoms with Crippen LogP contribution in [0.25, 0.3) is 11.5 Å². The maximum absolute atomic E-state index is 5.61. The molecule has 0 amide bonds. The third-order valence-corrected chi connectivity index (χ3v) is 6.12. The third-order valence-electron chi connectivity index (χ3n) is 5.15. The zero-order valence-electron chi connectivity index (χ0n) is 16.7. The van der Waals surface area contributed by atoms with Crippen LogP contribution in [0.1, 0.15) is 29.5 Å². The third kappa shape index (κ3) is 5.05. The van der Waals surface area contributed by atoms with E-state index in [0.717, 1.165) is 36.9 Å². The van der Waals surface area contributed by atoms with Crippen molar-refractivity contribution in [2.24, 2.45) is 4.99 Å². The number of aromatic nitrogens is 1. The lowest BCUT2D eigenvalue weighted by molar-refractivity contribution is 0.249. The highest BCUT2D eigenvalue weighted by Gasteiger charge is 2.24. The number of hydrogen-bond acceptors (Lipinski definition) is 5. The van der Waals surface area contributed by atoms with Crippen LogP contribution in [0.15, 0.2) is 63.5 Å². The zero-order valence-corrected chi connectivity index (χ0v) is 17.5. The van der Waals surface area contributed by atoms with E-state index in [-0.39, 0.29) is 0 Å². The summed E-state index contributed by atoms with van der Waals surface area (Å²) in [7, 11) is 1.80. The van der Waals surface area contributed by atoms with Gasteiger partial charge < -0.3 is 15.1 Å². The number of likely N-dealkylation sites (tertiary alicyclic amines) is 1. The number of guanidine groups is 1. The molecule has 7 heteroatoms. The molecule has 1 aromatic carbocycles. The van der Waals surface area contributed by atoms with Crippen LogP contribution in [-0.2, 0) is 6.54 Å². The summed E-state index contributed by atoms with van der Waals surface area (Å²) in [5.41, 5.74) is 1.83. The summed E-state index contributed by atoms with van der Waals surface area (Å²) in [6.07, 6.45) is 4.26. The van der Waals surface area contributed by atoms with Crippen LogP contribution in [-0.4, -0.2) is 42.5 Å². The largest absolute Gasteiger partial charge is 0.444 e. The van der Waals surface area contributed by atoms with Crippen molar-refractivity contribution in [3.05, 3.63) is 64.7 Å². The van der Waals surface area contributed by atoms with Gasteiger partial charge in [-0.2, -0.15) is 0 Å². The van der Waals surface area contributed by atoms with Crippen molar-refractivity contribution < 1.29 is 4.42 Å². The fourth-order valence-electron chi connectivity index (χ4n) is 3.63. The Balaban J connectivity index is 1.33. The maximum atomic E-state index is 5.61. The van der Waals surface area contributed by atoms with Crippen molar-refractivity contribution in [3.63, 3.8) is 0 Å². The van der Waals surface area contributed by atoms with E-state index >= 15 is 0 Å². The van der Waals surface area contributed by atoms with E-state index in [0.29, 0.717) is 18.5 Å². The minimum absolute atomic E-state index is 0.382. The number of oxazole rings is 1. The predicted octanol–water partition coefficient (Wildman–Crippen LogP) is 3.91. The van der Waals surface area contributed by atoms with Gasteiger partial charge in [-0.3, -0.25) is 9.89 Å². The summed E-state index contributed by atoms with van der Waals surface area (Å²) in [5, 5.41) is 8.99. The van der Waals surface area contributed by atoms with Gasteiger partial charge in [0.05, 0.1) is 18.3 Å². The average molecular weight is 410 g/mol. The smallest absolute Gasteiger partial charge is 0.226 e. The van der Waals surface area contributed by atoms with Crippen molar-refractivity contribution in [3.8, 4) is 11.5 Å². The van der Waals surface area contributed by atoms with Gasteiger partial charge in [0.25, 0.3) is 0 Å². The summed E-state index contributed by atoms with van der Waals surface area (Å²) in [4.78, 5) is 12.9. The fraction of sp³-hybridized carbons (Fsp3) is 0.364. The number of hydrogen-bond donors (Lipinski definition) is 2. The maximum Gasteiger partial charge on any atom is 0.226 e. The van der Waals surface area contributed by atoms with Crippen molar-refractivity contribution >= 4 is 17.3 Å². The highest BCUT2D eigenvalue weighted by molar-refractivity contribution is 7.10. The number of nitrogens with zero attached hydrogens (tertiary/aromatic N) is 3. The first kappa shape index (κ1) is 19.7. The molecule has 0 aliphatic carbocycles. The summed E-state index contributed by atoms with van der Waals surface area (Å²) in [6.45, 7) is 3.71. The zero-order chi connectivity index (χ0) is 19.9. The molecule has 1 unspecified atom stereocenters. The number of aliphatic imine (C=N–C) groups is 1. The Bertz CT molecular complexity index is 900. The standard InChI is InChI=1S/C22H27N5OS/c1-23-22(24-14-18-16-28-21(26-18)17-8-3-2-4-9-17)25-15-19(20-10-7-13-29-20)27-11-5-6-12-27/h2-4,7-10,13,16,19H,5-6,11-12,14-15H2,1H3,(H2,23,24,25). The van der Waals surface area contributed by atoms with Gasteiger partial charge in [0.15, 0.2) is 5.96 Å². The van der Waals surface area contributed by atoms with Gasteiger partial charge in [0.1, 0.15) is 6.26 Å². The minimum Gasteiger partial charge on any atom is -0.444 e. The number of thiophene rings is 1. The lowest BCUT2D eigenvalue weighted by Gasteiger charge is -2.27. The Morgan fingerprint density at radius 2 is 2.00 bits per heavy atom. The average Bonchev–Trinajstić information content (AvgIpc) is 3.54. The van der Waals surface area contributed by atoms with Crippen molar-refractivity contribution in [2.45, 2.75) is 25.4 Å². The van der Waals surface area contributed by atoms with E-state index in [1.54, 1.807) is 13.3 Å². The van der Waals surface area contributed by atoms with Crippen molar-refractivity contribution in [1.82, 2.24) is 20.5 Å². The van der Waals surface area contributed by atoms with Gasteiger partial charge in [0, 0.05) is 24.0 Å². The van der Waals surface area contributed by atoms with Crippen LogP contribution in [0.5, 0.6) is 0 Å². The Labute approximate surface area is 175 Å². The first-order valence-electron chi connectivity index (χ1n) is 10.1. The van der Waals surface area contributed by atoms with Crippen LogP contribution >= 0.6 is 11.3 Å². The van der Waals surface area contributed by atoms with Gasteiger partial charge >= 0.3 is 0 Å². The molecule has 1 atom stereocenters. The van der Waals surface area contributed by atoms with E-state index < -0.39 is 0 Å². The van der Waals surface area contributed by atoms with Gasteiger partial charge in [-0.1, -0.05) is 24.3 Å². The molecule has 3 heterocycles. The minimum atomic E-state index is 0.382. The highest BCUT2D eigenvalue weighted by atomic mass is 32.1. The number of nitrogens with one attached hydrogen (secondary N) is 2. The lowest BCUT2D eigenvalue weighted by atomic mass is 10.2. The molecule has 6 nitrogen and oxygen atoms in total. The lowest BCUT2D eigenvalue weighted by Crippen LogP contribution is -2.42. The van der Waals surface area contributed by atoms with E-state index in [9.17, 15) is 0 Å². The van der Waals surface area contributed by atoms with Crippen LogP contribution in [0, 0.1) is 0 Å². The normalized spacial score (nSPS) is 16.1. The monoisotopic (exact) mass is 409 g/mol. The SMILES string of the molecule is CN=C(NCc1coc(-c2ccccc2)n1)NCC(c1cccs1)N1CCCC1. The molecule has 3 aromatic rings. The van der Waals surface area contributed by atoms with Crippen molar-refractivity contribution in [1.29, 1.82) is 0 Å². The second-order valence-corrected chi connectivity index (χ2v) is 8.07. The van der Waals surface area contributed by atoms with Crippen LogP contribution in [0.4, 0.5) is 0 Å². The molecule has 1 aliphatic heterocycles. The summed E-state index contributed by atoms with van der Waals surface area (Å²) in [5.74, 6) is 1.41. The van der Waals surface area contributed by atoms with Crippen LogP contribution in [0.3, 0.4) is 0 Å². The molecule has 29 heavy (non-hydrogen) atoms. The van der Waals surface area contributed by atoms with Gasteiger partial charge in [-0.05, 0) is 49.5 Å². The fourth-order valence-corrected chi connectivity index (χ4v) is 4.49. The quantitative estimate of drug-likeness (QED) is 0.458. The Morgan fingerprint density at radius 3 is 2.72 bits per heavy atom. The molecule has 2 N–H and O–H groups in total. The topological polar surface area (TPSA) is 65.7 Å². The van der Waals surface area contributed by atoms with E-state index in [1.165, 1.54) is 17.7 Å². The predicted molar refractivity (Wildman–Crippen MR) is 118 cm³/mol. The Hall–Kier alpha value is -2.64. The second-order valence-electron chi connectivity index (χ2n) is 7.09. The van der Waals surface area contributed by atoms with Gasteiger partial charge in [-0.15, -0.1) is 11.3 Å². The first-order valence-corrected chi connectivity index (χ1v) is 10.9. The van der Waals surface area contributed by atoms with Gasteiger partial charge in [0.2, 0.25) is 5.89 Å². The van der Waals surface area contributed by atoms with E-state index in [1.807, 2.05) is 41.7 Å². The molecule has 1 aliphatic rings. The summed E-state index contributed by atoms with van der Waals surface area (Å²) >= 11 is 1.82. The molecular formula is C22H27N5OS. The molecule has 0 bridgehead atoms. The summed E-state index contributed by atoms with van der Waals surface area (Å²) in [6, 6.07) is 14.7. The van der Waals surface area contributed by atoms with Crippen LogP contribution < -0.4 is 10.6 Å². The van der Waals surface area contributed by atoms with Gasteiger partial charge in [-0.25, -0.2) is 4.98 Å². The highest BCUT2D eigenvalue weighted by Crippen LogP contribution is 2.27. The number of rotatable bonds is 7. The van der Waals surface area contributed by atoms with Crippen LogP contribution in [0.2, 0.25) is 0 Å². The van der Waals surface area contributed by atoms with E-state index in [4.69, 9.17) is 4.42 Å². The molecule has 0 spiro atoms. The number of benzene rings is 1. The summed E-state index contributed by atoms with van der Waals surface area (Å²) < 4.78 is 5.61. The molecule has 4 rings (SSSR count). The van der Waals surface area contributed by atoms with E-state index in [2.05, 4.69) is 43.0 Å². The Morgan fingerprint density at radius 1 is 1.17 bits per heavy atom. The molecule has 0 radical (unpaired) electrons.